The molecule has 1 atom stereocenters. The van der Waals surface area contributed by atoms with Crippen molar-refractivity contribution in [2.24, 2.45) is 0 Å². The minimum Gasteiger partial charge on any atom is -0.366 e. The normalized spacial score (nSPS) is 17.7. The predicted octanol–water partition coefficient (Wildman–Crippen LogP) is 9.12. The SMILES string of the molecule is CCCCOC1(c2cc(-c3ccccc3)c(-c3ccccc3)c3c2-c2ccccc2C3)C=CC=CC1. The molecule has 2 aliphatic rings. The fourth-order valence-corrected chi connectivity index (χ4v) is 5.83. The van der Waals surface area contributed by atoms with Gasteiger partial charge in [-0.2, -0.15) is 0 Å². The van der Waals surface area contributed by atoms with Crippen molar-refractivity contribution >= 4 is 0 Å². The van der Waals surface area contributed by atoms with Gasteiger partial charge in [0, 0.05) is 13.0 Å². The van der Waals surface area contributed by atoms with Gasteiger partial charge in [-0.1, -0.05) is 117 Å². The highest BCUT2D eigenvalue weighted by molar-refractivity contribution is 5.95. The van der Waals surface area contributed by atoms with Crippen LogP contribution in [0.25, 0.3) is 33.4 Å². The number of fused-ring (bicyclic) bond motifs is 3. The number of rotatable bonds is 7. The Morgan fingerprint density at radius 2 is 1.47 bits per heavy atom. The molecule has 1 heteroatoms. The zero-order chi connectivity index (χ0) is 24.4. The summed E-state index contributed by atoms with van der Waals surface area (Å²) in [5, 5.41) is 0. The molecule has 6 rings (SSSR count). The Kier molecular flexibility index (Phi) is 6.17. The van der Waals surface area contributed by atoms with Crippen LogP contribution in [0.2, 0.25) is 0 Å². The third kappa shape index (κ3) is 3.94. The van der Waals surface area contributed by atoms with E-state index in [1.807, 2.05) is 0 Å². The second-order valence-corrected chi connectivity index (χ2v) is 9.85. The summed E-state index contributed by atoms with van der Waals surface area (Å²) < 4.78 is 6.84. The summed E-state index contributed by atoms with van der Waals surface area (Å²) in [6, 6.07) is 33.1. The summed E-state index contributed by atoms with van der Waals surface area (Å²) >= 11 is 0. The number of unbranched alkanes of at least 4 members (excludes halogenated alkanes) is 1. The molecule has 0 heterocycles. The van der Waals surface area contributed by atoms with Gasteiger partial charge in [0.25, 0.3) is 0 Å². The summed E-state index contributed by atoms with van der Waals surface area (Å²) in [6.45, 7) is 2.98. The second-order valence-electron chi connectivity index (χ2n) is 9.85. The highest BCUT2D eigenvalue weighted by Gasteiger charge is 2.38. The van der Waals surface area contributed by atoms with E-state index in [0.717, 1.165) is 32.3 Å². The average Bonchev–Trinajstić information content (AvgIpc) is 3.33. The Bertz CT molecular complexity index is 1430. The molecule has 4 aromatic carbocycles. The summed E-state index contributed by atoms with van der Waals surface area (Å²) in [5.41, 5.74) is 11.5. The molecule has 0 spiro atoms. The van der Waals surface area contributed by atoms with E-state index >= 15 is 0 Å². The molecule has 0 N–H and O–H groups in total. The molecule has 2 aliphatic carbocycles. The van der Waals surface area contributed by atoms with Crippen LogP contribution in [0.3, 0.4) is 0 Å². The minimum atomic E-state index is -0.468. The van der Waals surface area contributed by atoms with Crippen molar-refractivity contribution in [1.29, 1.82) is 0 Å². The molecule has 0 saturated carbocycles. The number of hydrogen-bond acceptors (Lipinski definition) is 1. The number of benzene rings is 4. The van der Waals surface area contributed by atoms with Gasteiger partial charge in [-0.25, -0.2) is 0 Å². The lowest BCUT2D eigenvalue weighted by Crippen LogP contribution is -2.29. The van der Waals surface area contributed by atoms with Crippen molar-refractivity contribution in [3.63, 3.8) is 0 Å². The minimum absolute atomic E-state index is 0.468. The third-order valence-corrected chi connectivity index (χ3v) is 7.58. The molecule has 0 radical (unpaired) electrons. The van der Waals surface area contributed by atoms with E-state index in [-0.39, 0.29) is 0 Å². The van der Waals surface area contributed by atoms with Crippen LogP contribution in [0.4, 0.5) is 0 Å². The average molecular weight is 469 g/mol. The molecular formula is C35H32O. The lowest BCUT2D eigenvalue weighted by molar-refractivity contribution is -0.0121. The van der Waals surface area contributed by atoms with Crippen molar-refractivity contribution in [2.45, 2.75) is 38.2 Å². The molecule has 0 aliphatic heterocycles. The van der Waals surface area contributed by atoms with Crippen molar-refractivity contribution in [3.05, 3.63) is 132 Å². The maximum absolute atomic E-state index is 6.84. The Balaban J connectivity index is 1.68. The van der Waals surface area contributed by atoms with Crippen LogP contribution in [0, 0.1) is 0 Å². The first-order valence-electron chi connectivity index (χ1n) is 13.2. The topological polar surface area (TPSA) is 9.23 Å². The van der Waals surface area contributed by atoms with Crippen LogP contribution in [0.1, 0.15) is 42.9 Å². The Morgan fingerprint density at radius 3 is 2.19 bits per heavy atom. The molecule has 0 aromatic heterocycles. The third-order valence-electron chi connectivity index (χ3n) is 7.58. The van der Waals surface area contributed by atoms with Gasteiger partial charge in [0.1, 0.15) is 5.60 Å². The second kappa shape index (κ2) is 9.76. The Labute approximate surface area is 214 Å². The lowest BCUT2D eigenvalue weighted by Gasteiger charge is -2.35. The van der Waals surface area contributed by atoms with Crippen LogP contribution >= 0.6 is 0 Å². The van der Waals surface area contributed by atoms with Crippen molar-refractivity contribution < 1.29 is 4.74 Å². The summed E-state index contributed by atoms with van der Waals surface area (Å²) in [6.07, 6.45) is 12.8. The molecular weight excluding hydrogens is 436 g/mol. The molecule has 0 amide bonds. The van der Waals surface area contributed by atoms with E-state index in [2.05, 4.69) is 122 Å². The van der Waals surface area contributed by atoms with E-state index in [4.69, 9.17) is 4.74 Å². The highest BCUT2D eigenvalue weighted by Crippen LogP contribution is 2.52. The van der Waals surface area contributed by atoms with Crippen LogP contribution < -0.4 is 0 Å². The van der Waals surface area contributed by atoms with Crippen LogP contribution in [-0.4, -0.2) is 6.61 Å². The molecule has 1 unspecified atom stereocenters. The maximum atomic E-state index is 6.84. The predicted molar refractivity (Wildman–Crippen MR) is 151 cm³/mol. The quantitative estimate of drug-likeness (QED) is 0.216. The number of hydrogen-bond donors (Lipinski definition) is 0. The van der Waals surface area contributed by atoms with Crippen LogP contribution in [0.15, 0.2) is 115 Å². The first-order chi connectivity index (χ1) is 17.8. The van der Waals surface area contributed by atoms with E-state index in [9.17, 15) is 0 Å². The van der Waals surface area contributed by atoms with Crippen LogP contribution in [0.5, 0.6) is 0 Å². The van der Waals surface area contributed by atoms with Gasteiger partial charge in [-0.15, -0.1) is 0 Å². The first kappa shape index (κ1) is 22.8. The molecule has 0 saturated heterocycles. The zero-order valence-electron chi connectivity index (χ0n) is 20.9. The summed E-state index contributed by atoms with van der Waals surface area (Å²) in [7, 11) is 0. The zero-order valence-corrected chi connectivity index (χ0v) is 20.9. The van der Waals surface area contributed by atoms with E-state index < -0.39 is 5.60 Å². The van der Waals surface area contributed by atoms with Crippen molar-refractivity contribution in [2.75, 3.05) is 6.61 Å². The molecule has 4 aromatic rings. The molecule has 0 fully saturated rings. The summed E-state index contributed by atoms with van der Waals surface area (Å²) in [5.74, 6) is 0. The standard InChI is InChI=1S/C35H32O/c1-2-3-23-36-35(21-13-6-14-22-35)32-25-30(26-15-7-4-8-16-26)33(27-17-9-5-10-18-27)31-24-28-19-11-12-20-29(28)34(31)32/h4-21,25H,2-3,22-24H2,1H3. The molecule has 178 valence electrons. The molecule has 0 bridgehead atoms. The molecule has 36 heavy (non-hydrogen) atoms. The smallest absolute Gasteiger partial charge is 0.116 e. The van der Waals surface area contributed by atoms with Gasteiger partial charge in [0.15, 0.2) is 0 Å². The first-order valence-corrected chi connectivity index (χ1v) is 13.2. The Morgan fingerprint density at radius 1 is 0.750 bits per heavy atom. The van der Waals surface area contributed by atoms with Gasteiger partial charge in [-0.05, 0) is 75.1 Å². The monoisotopic (exact) mass is 468 g/mol. The van der Waals surface area contributed by atoms with E-state index in [0.29, 0.717) is 0 Å². The maximum Gasteiger partial charge on any atom is 0.116 e. The fraction of sp³-hybridized carbons (Fsp3) is 0.200. The van der Waals surface area contributed by atoms with Gasteiger partial charge >= 0.3 is 0 Å². The van der Waals surface area contributed by atoms with E-state index in [1.165, 1.54) is 50.1 Å². The van der Waals surface area contributed by atoms with Crippen molar-refractivity contribution in [3.8, 4) is 33.4 Å². The van der Waals surface area contributed by atoms with Gasteiger partial charge < -0.3 is 4.74 Å². The fourth-order valence-electron chi connectivity index (χ4n) is 5.83. The Hall–Kier alpha value is -3.68. The number of ether oxygens (including phenoxy) is 1. The summed E-state index contributed by atoms with van der Waals surface area (Å²) in [4.78, 5) is 0. The van der Waals surface area contributed by atoms with Crippen LogP contribution in [-0.2, 0) is 16.8 Å². The van der Waals surface area contributed by atoms with Gasteiger partial charge in [-0.3, -0.25) is 0 Å². The lowest BCUT2D eigenvalue weighted by atomic mass is 9.77. The highest BCUT2D eigenvalue weighted by atomic mass is 16.5. The van der Waals surface area contributed by atoms with E-state index in [1.54, 1.807) is 0 Å². The van der Waals surface area contributed by atoms with Gasteiger partial charge in [0.05, 0.1) is 0 Å². The van der Waals surface area contributed by atoms with Gasteiger partial charge in [0.2, 0.25) is 0 Å². The molecule has 1 nitrogen and oxygen atoms in total. The number of allylic oxidation sites excluding steroid dienone is 2. The largest absolute Gasteiger partial charge is 0.366 e. The van der Waals surface area contributed by atoms with Crippen molar-refractivity contribution in [1.82, 2.24) is 0 Å².